The first-order chi connectivity index (χ1) is 12.6. The number of hydrogen-bond donors (Lipinski definition) is 1. The van der Waals surface area contributed by atoms with Crippen LogP contribution in [0.3, 0.4) is 0 Å². The SMILES string of the molecule is C=CC(C)(NCc1ccccc1C)c1ccc(Oc2ccccc2)cc1. The van der Waals surface area contributed by atoms with Crippen LogP contribution in [0.25, 0.3) is 0 Å². The molecule has 0 saturated heterocycles. The van der Waals surface area contributed by atoms with E-state index in [9.17, 15) is 0 Å². The minimum atomic E-state index is -0.312. The zero-order chi connectivity index (χ0) is 18.4. The molecule has 0 heterocycles. The van der Waals surface area contributed by atoms with E-state index >= 15 is 0 Å². The number of para-hydroxylation sites is 1. The van der Waals surface area contributed by atoms with Gasteiger partial charge >= 0.3 is 0 Å². The summed E-state index contributed by atoms with van der Waals surface area (Å²) in [5, 5.41) is 3.63. The van der Waals surface area contributed by atoms with Crippen LogP contribution in [0.4, 0.5) is 0 Å². The van der Waals surface area contributed by atoms with Crippen LogP contribution >= 0.6 is 0 Å². The Balaban J connectivity index is 1.72. The highest BCUT2D eigenvalue weighted by molar-refractivity contribution is 5.37. The van der Waals surface area contributed by atoms with Crippen LogP contribution in [0.15, 0.2) is 91.5 Å². The lowest BCUT2D eigenvalue weighted by Crippen LogP contribution is -2.37. The molecule has 3 rings (SSSR count). The molecule has 1 N–H and O–H groups in total. The highest BCUT2D eigenvalue weighted by Gasteiger charge is 2.22. The second kappa shape index (κ2) is 8.03. The van der Waals surface area contributed by atoms with E-state index in [1.807, 2.05) is 48.5 Å². The molecule has 0 bridgehead atoms. The van der Waals surface area contributed by atoms with Crippen molar-refractivity contribution in [3.63, 3.8) is 0 Å². The van der Waals surface area contributed by atoms with Crippen LogP contribution in [0.5, 0.6) is 11.5 Å². The Labute approximate surface area is 156 Å². The second-order valence-electron chi connectivity index (χ2n) is 6.63. The molecule has 132 valence electrons. The van der Waals surface area contributed by atoms with Gasteiger partial charge < -0.3 is 10.1 Å². The van der Waals surface area contributed by atoms with E-state index in [2.05, 4.69) is 62.1 Å². The van der Waals surface area contributed by atoms with Crippen molar-refractivity contribution in [1.29, 1.82) is 0 Å². The third-order valence-corrected chi connectivity index (χ3v) is 4.75. The van der Waals surface area contributed by atoms with Crippen molar-refractivity contribution >= 4 is 0 Å². The molecule has 0 radical (unpaired) electrons. The summed E-state index contributed by atoms with van der Waals surface area (Å²) in [4.78, 5) is 0. The molecule has 0 aliphatic carbocycles. The standard InChI is InChI=1S/C24H25NO/c1-4-24(3,25-18-20-11-9-8-10-19(20)2)21-14-16-23(17-15-21)26-22-12-6-5-7-13-22/h4-17,25H,1,18H2,2-3H3. The largest absolute Gasteiger partial charge is 0.457 e. The van der Waals surface area contributed by atoms with Crippen molar-refractivity contribution in [2.45, 2.75) is 25.9 Å². The highest BCUT2D eigenvalue weighted by atomic mass is 16.5. The molecule has 0 aromatic heterocycles. The summed E-state index contributed by atoms with van der Waals surface area (Å²) < 4.78 is 5.88. The van der Waals surface area contributed by atoms with Crippen molar-refractivity contribution in [2.24, 2.45) is 0 Å². The van der Waals surface area contributed by atoms with Crippen molar-refractivity contribution in [3.8, 4) is 11.5 Å². The van der Waals surface area contributed by atoms with Gasteiger partial charge in [-0.15, -0.1) is 6.58 Å². The zero-order valence-corrected chi connectivity index (χ0v) is 15.4. The normalized spacial score (nSPS) is 13.0. The molecule has 0 saturated carbocycles. The fourth-order valence-electron chi connectivity index (χ4n) is 2.87. The minimum Gasteiger partial charge on any atom is -0.457 e. The highest BCUT2D eigenvalue weighted by Crippen LogP contribution is 2.27. The first kappa shape index (κ1) is 18.0. The second-order valence-corrected chi connectivity index (χ2v) is 6.63. The lowest BCUT2D eigenvalue weighted by Gasteiger charge is -2.28. The summed E-state index contributed by atoms with van der Waals surface area (Å²) in [5.41, 5.74) is 3.43. The summed E-state index contributed by atoms with van der Waals surface area (Å²) in [6, 6.07) is 26.4. The Hall–Kier alpha value is -2.84. The Kier molecular flexibility index (Phi) is 5.55. The van der Waals surface area contributed by atoms with Gasteiger partial charge in [-0.05, 0) is 54.8 Å². The molecule has 0 fully saturated rings. The molecule has 0 aliphatic rings. The number of hydrogen-bond acceptors (Lipinski definition) is 2. The third-order valence-electron chi connectivity index (χ3n) is 4.75. The monoisotopic (exact) mass is 343 g/mol. The van der Waals surface area contributed by atoms with E-state index in [0.717, 1.165) is 23.6 Å². The van der Waals surface area contributed by atoms with Gasteiger partial charge in [0.2, 0.25) is 0 Å². The Morgan fingerprint density at radius 2 is 1.50 bits per heavy atom. The number of rotatable bonds is 7. The van der Waals surface area contributed by atoms with Crippen LogP contribution in [0.1, 0.15) is 23.6 Å². The summed E-state index contributed by atoms with van der Waals surface area (Å²) in [6.07, 6.45) is 1.96. The lowest BCUT2D eigenvalue weighted by atomic mass is 9.91. The molecule has 1 atom stereocenters. The Morgan fingerprint density at radius 1 is 0.885 bits per heavy atom. The van der Waals surface area contributed by atoms with Crippen LogP contribution in [-0.4, -0.2) is 0 Å². The smallest absolute Gasteiger partial charge is 0.127 e. The van der Waals surface area contributed by atoms with E-state index in [1.54, 1.807) is 0 Å². The van der Waals surface area contributed by atoms with E-state index in [4.69, 9.17) is 4.74 Å². The average Bonchev–Trinajstić information content (AvgIpc) is 2.68. The summed E-state index contributed by atoms with van der Waals surface area (Å²) in [6.45, 7) is 9.11. The van der Waals surface area contributed by atoms with Crippen LogP contribution in [0.2, 0.25) is 0 Å². The molecule has 3 aromatic carbocycles. The molecule has 1 unspecified atom stereocenters. The molecular formula is C24H25NO. The average molecular weight is 343 g/mol. The summed E-state index contributed by atoms with van der Waals surface area (Å²) >= 11 is 0. The maximum absolute atomic E-state index is 5.88. The Bertz CT molecular complexity index is 855. The molecule has 2 nitrogen and oxygen atoms in total. The maximum atomic E-state index is 5.88. The third kappa shape index (κ3) is 4.22. The van der Waals surface area contributed by atoms with Gasteiger partial charge in [0.15, 0.2) is 0 Å². The molecule has 26 heavy (non-hydrogen) atoms. The van der Waals surface area contributed by atoms with Crippen molar-refractivity contribution in [3.05, 3.63) is 108 Å². The number of aryl methyl sites for hydroxylation is 1. The number of benzene rings is 3. The first-order valence-electron chi connectivity index (χ1n) is 8.87. The van der Waals surface area contributed by atoms with Crippen molar-refractivity contribution in [1.82, 2.24) is 5.32 Å². The Morgan fingerprint density at radius 3 is 2.15 bits per heavy atom. The van der Waals surface area contributed by atoms with Crippen molar-refractivity contribution in [2.75, 3.05) is 0 Å². The van der Waals surface area contributed by atoms with Crippen LogP contribution in [0, 0.1) is 6.92 Å². The summed E-state index contributed by atoms with van der Waals surface area (Å²) in [5.74, 6) is 1.66. The quantitative estimate of drug-likeness (QED) is 0.533. The number of nitrogens with one attached hydrogen (secondary N) is 1. The molecule has 0 amide bonds. The van der Waals surface area contributed by atoms with E-state index in [-0.39, 0.29) is 5.54 Å². The fourth-order valence-corrected chi connectivity index (χ4v) is 2.87. The van der Waals surface area contributed by atoms with Gasteiger partial charge in [0.05, 0.1) is 5.54 Å². The predicted molar refractivity (Wildman–Crippen MR) is 109 cm³/mol. The van der Waals surface area contributed by atoms with E-state index in [1.165, 1.54) is 11.1 Å². The van der Waals surface area contributed by atoms with Gasteiger partial charge in [-0.2, -0.15) is 0 Å². The van der Waals surface area contributed by atoms with Crippen molar-refractivity contribution < 1.29 is 4.74 Å². The van der Waals surface area contributed by atoms with Gasteiger partial charge in [-0.3, -0.25) is 0 Å². The maximum Gasteiger partial charge on any atom is 0.127 e. The summed E-state index contributed by atoms with van der Waals surface area (Å²) in [7, 11) is 0. The van der Waals surface area contributed by atoms with E-state index < -0.39 is 0 Å². The van der Waals surface area contributed by atoms with Crippen LogP contribution < -0.4 is 10.1 Å². The lowest BCUT2D eigenvalue weighted by molar-refractivity contribution is 0.450. The van der Waals surface area contributed by atoms with Gasteiger partial charge in [0.25, 0.3) is 0 Å². The zero-order valence-electron chi connectivity index (χ0n) is 15.4. The van der Waals surface area contributed by atoms with Gasteiger partial charge in [0, 0.05) is 6.54 Å². The molecule has 3 aromatic rings. The first-order valence-corrected chi connectivity index (χ1v) is 8.87. The fraction of sp³-hybridized carbons (Fsp3) is 0.167. The predicted octanol–water partition coefficient (Wildman–Crippen LogP) is 5.98. The van der Waals surface area contributed by atoms with E-state index in [0.29, 0.717) is 0 Å². The van der Waals surface area contributed by atoms with Gasteiger partial charge in [0.1, 0.15) is 11.5 Å². The molecule has 0 spiro atoms. The molecule has 2 heteroatoms. The van der Waals surface area contributed by atoms with Gasteiger partial charge in [-0.1, -0.05) is 60.7 Å². The topological polar surface area (TPSA) is 21.3 Å². The van der Waals surface area contributed by atoms with Gasteiger partial charge in [-0.25, -0.2) is 0 Å². The minimum absolute atomic E-state index is 0.312. The molecule has 0 aliphatic heterocycles. The van der Waals surface area contributed by atoms with Crippen LogP contribution in [-0.2, 0) is 12.1 Å². The molecular weight excluding hydrogens is 318 g/mol. The number of ether oxygens (including phenoxy) is 1.